The second-order valence-corrected chi connectivity index (χ2v) is 13.7. The maximum absolute atomic E-state index is 13.6. The van der Waals surface area contributed by atoms with Gasteiger partial charge in [-0.3, -0.25) is 4.79 Å². The number of nitrogens with zero attached hydrogens (tertiary/aromatic N) is 2. The molecule has 6 atom stereocenters. The molecule has 0 aromatic heterocycles. The van der Waals surface area contributed by atoms with Gasteiger partial charge in [-0.2, -0.15) is 0 Å². The summed E-state index contributed by atoms with van der Waals surface area (Å²) < 4.78 is 6.58. The molecule has 2 aliphatic heterocycles. The highest BCUT2D eigenvalue weighted by Crippen LogP contribution is 2.48. The highest BCUT2D eigenvalue weighted by atomic mass is 35.5. The number of ether oxygens (including phenoxy) is 1. The quantitative estimate of drug-likeness (QED) is 0.408. The summed E-state index contributed by atoms with van der Waals surface area (Å²) in [6, 6.07) is 11.2. The van der Waals surface area contributed by atoms with E-state index >= 15 is 0 Å². The van der Waals surface area contributed by atoms with Gasteiger partial charge in [0.1, 0.15) is 5.75 Å². The van der Waals surface area contributed by atoms with Crippen molar-refractivity contribution < 1.29 is 29.6 Å². The lowest BCUT2D eigenvalue weighted by atomic mass is 9.68. The number of aliphatic carboxylic acids is 1. The molecule has 1 amide bonds. The number of carboxylic acid groups (broad SMARTS) is 1. The third-order valence-corrected chi connectivity index (χ3v) is 11.0. The highest BCUT2D eigenvalue weighted by molar-refractivity contribution is 6.30. The molecule has 4 aliphatic rings. The molecule has 1 fully saturated rings. The SMILES string of the molecule is CC[C@@H]1C(=O)N(C)CC/C=C/[C@H](O)[C@@H]2CC[C@H]2CN2C[C@@]3(CCCc4cc(Cl)ccc43)COc3ccc(cc32)[C@@]1(O)C(=O)O. The molecule has 0 saturated heterocycles. The molecule has 2 aromatic carbocycles. The first-order chi connectivity index (χ1) is 21.1. The maximum atomic E-state index is 13.6. The van der Waals surface area contributed by atoms with Crippen LogP contribution in [0.1, 0.15) is 62.1 Å². The van der Waals surface area contributed by atoms with Crippen LogP contribution in [-0.4, -0.2) is 71.5 Å². The molecule has 1 spiro atoms. The molecular weight excluding hydrogens is 580 g/mol. The Morgan fingerprint density at radius 1 is 1.18 bits per heavy atom. The van der Waals surface area contributed by atoms with Gasteiger partial charge < -0.3 is 29.9 Å². The van der Waals surface area contributed by atoms with Crippen LogP contribution in [0.4, 0.5) is 5.69 Å². The minimum atomic E-state index is -2.43. The second-order valence-electron chi connectivity index (χ2n) is 13.3. The highest BCUT2D eigenvalue weighted by Gasteiger charge is 2.51. The van der Waals surface area contributed by atoms with Gasteiger partial charge in [0, 0.05) is 37.1 Å². The summed E-state index contributed by atoms with van der Waals surface area (Å²) >= 11 is 6.40. The van der Waals surface area contributed by atoms with E-state index in [9.17, 15) is 24.9 Å². The average Bonchev–Trinajstić information content (AvgIpc) is 3.13. The first-order valence-electron chi connectivity index (χ1n) is 15.9. The van der Waals surface area contributed by atoms with Gasteiger partial charge in [0.05, 0.1) is 24.3 Å². The number of carbonyl (C=O) groups excluding carboxylic acids is 1. The Hall–Kier alpha value is -3.07. The molecule has 236 valence electrons. The predicted octanol–water partition coefficient (Wildman–Crippen LogP) is 4.92. The fourth-order valence-electron chi connectivity index (χ4n) is 8.05. The normalized spacial score (nSPS) is 33.0. The lowest BCUT2D eigenvalue weighted by molar-refractivity contribution is -0.173. The molecule has 9 heteroatoms. The maximum Gasteiger partial charge on any atom is 0.341 e. The first-order valence-corrected chi connectivity index (χ1v) is 16.3. The van der Waals surface area contributed by atoms with E-state index < -0.39 is 29.5 Å². The van der Waals surface area contributed by atoms with Gasteiger partial charge >= 0.3 is 5.97 Å². The summed E-state index contributed by atoms with van der Waals surface area (Å²) in [5.74, 6) is -2.13. The van der Waals surface area contributed by atoms with Gasteiger partial charge in [0.2, 0.25) is 5.91 Å². The molecular formula is C35H43ClN2O6. The van der Waals surface area contributed by atoms with Crippen molar-refractivity contribution in [1.82, 2.24) is 4.90 Å². The van der Waals surface area contributed by atoms with E-state index in [0.717, 1.165) is 32.1 Å². The van der Waals surface area contributed by atoms with Gasteiger partial charge in [-0.05, 0) is 97.7 Å². The zero-order chi connectivity index (χ0) is 31.2. The van der Waals surface area contributed by atoms with E-state index in [4.69, 9.17) is 16.3 Å². The number of benzene rings is 2. The lowest BCUT2D eigenvalue weighted by Gasteiger charge is -2.45. The number of aliphatic hydroxyl groups is 2. The van der Waals surface area contributed by atoms with Crippen LogP contribution in [0.2, 0.25) is 5.02 Å². The standard InChI is InChI=1S/C35H43ClN2O6/c1-3-27-32(40)37(2)16-5-4-8-30(39)26-12-9-23(26)19-38-20-34(15-6-7-22-17-25(36)11-13-28(22)34)21-44-31-14-10-24(18-29(31)38)35(27,43)33(41)42/h4,8,10-11,13-14,17-18,23,26-27,30,39,43H,3,5-7,9,12,15-16,19-21H2,1-2H3,(H,41,42)/b8-4+/t23-,26+,27+,30-,34-,35-/m0/s1. The van der Waals surface area contributed by atoms with Crippen LogP contribution in [-0.2, 0) is 27.0 Å². The van der Waals surface area contributed by atoms with E-state index in [0.29, 0.717) is 49.1 Å². The summed E-state index contributed by atoms with van der Waals surface area (Å²) in [5.41, 5.74) is 0.575. The van der Waals surface area contributed by atoms with Crippen molar-refractivity contribution in [1.29, 1.82) is 0 Å². The van der Waals surface area contributed by atoms with Gasteiger partial charge in [0.15, 0.2) is 5.60 Å². The summed E-state index contributed by atoms with van der Waals surface area (Å²) in [5, 5.41) is 34.3. The van der Waals surface area contributed by atoms with E-state index in [1.807, 2.05) is 18.2 Å². The fourth-order valence-corrected chi connectivity index (χ4v) is 8.25. The number of fused-ring (bicyclic) bond motifs is 4. The number of hydrogen-bond donors (Lipinski definition) is 3. The fraction of sp³-hybridized carbons (Fsp3) is 0.543. The van der Waals surface area contributed by atoms with Crippen molar-refractivity contribution in [2.24, 2.45) is 17.8 Å². The Labute approximate surface area is 264 Å². The molecule has 44 heavy (non-hydrogen) atoms. The molecule has 0 radical (unpaired) electrons. The van der Waals surface area contributed by atoms with Gasteiger partial charge in [-0.15, -0.1) is 0 Å². The van der Waals surface area contributed by atoms with Crippen LogP contribution in [0, 0.1) is 17.8 Å². The minimum Gasteiger partial charge on any atom is -0.490 e. The van der Waals surface area contributed by atoms with E-state index in [2.05, 4.69) is 17.0 Å². The van der Waals surface area contributed by atoms with E-state index in [1.165, 1.54) is 16.0 Å². The Balaban J connectivity index is 1.49. The molecule has 2 aliphatic carbocycles. The average molecular weight is 623 g/mol. The number of halogens is 1. The van der Waals surface area contributed by atoms with Crippen LogP contribution in [0.25, 0.3) is 0 Å². The molecule has 2 aromatic rings. The molecule has 6 rings (SSSR count). The summed E-state index contributed by atoms with van der Waals surface area (Å²) in [4.78, 5) is 30.3. The number of anilines is 1. The van der Waals surface area contributed by atoms with Crippen molar-refractivity contribution in [2.45, 2.75) is 69.0 Å². The molecule has 0 unspecified atom stereocenters. The summed E-state index contributed by atoms with van der Waals surface area (Å²) in [7, 11) is 1.63. The molecule has 2 heterocycles. The number of amides is 1. The number of carboxylic acids is 1. The Bertz CT molecular complexity index is 1460. The monoisotopic (exact) mass is 622 g/mol. The predicted molar refractivity (Wildman–Crippen MR) is 169 cm³/mol. The Morgan fingerprint density at radius 2 is 2.00 bits per heavy atom. The number of rotatable bonds is 2. The van der Waals surface area contributed by atoms with E-state index in [-0.39, 0.29) is 29.2 Å². The van der Waals surface area contributed by atoms with Crippen LogP contribution in [0.3, 0.4) is 0 Å². The largest absolute Gasteiger partial charge is 0.490 e. The second kappa shape index (κ2) is 12.0. The smallest absolute Gasteiger partial charge is 0.341 e. The molecule has 2 bridgehead atoms. The number of hydrogen-bond acceptors (Lipinski definition) is 6. The molecule has 3 N–H and O–H groups in total. The van der Waals surface area contributed by atoms with Gasteiger partial charge in [-0.1, -0.05) is 42.8 Å². The van der Waals surface area contributed by atoms with Crippen LogP contribution < -0.4 is 9.64 Å². The van der Waals surface area contributed by atoms with Gasteiger partial charge in [-0.25, -0.2) is 4.79 Å². The number of aliphatic hydroxyl groups excluding tert-OH is 1. The third-order valence-electron chi connectivity index (χ3n) is 10.7. The van der Waals surface area contributed by atoms with Crippen LogP contribution in [0.15, 0.2) is 48.6 Å². The number of aryl methyl sites for hydroxylation is 1. The van der Waals surface area contributed by atoms with Crippen molar-refractivity contribution >= 4 is 29.2 Å². The van der Waals surface area contributed by atoms with Crippen LogP contribution >= 0.6 is 11.6 Å². The Kier molecular flexibility index (Phi) is 8.46. The third kappa shape index (κ3) is 5.29. The minimum absolute atomic E-state index is 0.100. The van der Waals surface area contributed by atoms with Gasteiger partial charge in [0.25, 0.3) is 0 Å². The van der Waals surface area contributed by atoms with E-state index in [1.54, 1.807) is 32.2 Å². The first kappa shape index (κ1) is 30.9. The lowest BCUT2D eigenvalue weighted by Crippen LogP contribution is -2.51. The zero-order valence-electron chi connectivity index (χ0n) is 25.5. The number of carbonyl (C=O) groups is 2. The molecule has 8 nitrogen and oxygen atoms in total. The topological polar surface area (TPSA) is 111 Å². The Morgan fingerprint density at radius 3 is 2.73 bits per heavy atom. The zero-order valence-corrected chi connectivity index (χ0v) is 26.3. The van der Waals surface area contributed by atoms with Crippen molar-refractivity contribution in [3.05, 3.63) is 70.3 Å². The molecule has 1 saturated carbocycles. The van der Waals surface area contributed by atoms with Crippen molar-refractivity contribution in [3.8, 4) is 5.75 Å². The van der Waals surface area contributed by atoms with Crippen molar-refractivity contribution in [3.63, 3.8) is 0 Å². The summed E-state index contributed by atoms with van der Waals surface area (Å²) in [6.45, 7) is 3.82. The summed E-state index contributed by atoms with van der Waals surface area (Å²) in [6.07, 6.45) is 8.60. The van der Waals surface area contributed by atoms with Crippen LogP contribution in [0.5, 0.6) is 5.75 Å². The van der Waals surface area contributed by atoms with Crippen molar-refractivity contribution in [2.75, 3.05) is 38.2 Å².